The van der Waals surface area contributed by atoms with E-state index in [1.807, 2.05) is 66.7 Å². The maximum Gasteiger partial charge on any atom is 0.256 e. The van der Waals surface area contributed by atoms with Crippen LogP contribution in [0.2, 0.25) is 0 Å². The molecule has 2 amide bonds. The van der Waals surface area contributed by atoms with E-state index >= 15 is 0 Å². The van der Waals surface area contributed by atoms with Crippen LogP contribution >= 0.6 is 0 Å². The first kappa shape index (κ1) is 19.2. The normalized spacial score (nSPS) is 16.4. The average Bonchev–Trinajstić information content (AvgIpc) is 2.84. The molecule has 4 aromatic rings. The number of carbonyl (C=O) groups is 2. The lowest BCUT2D eigenvalue weighted by molar-refractivity contribution is -0.121. The van der Waals surface area contributed by atoms with Crippen molar-refractivity contribution in [2.24, 2.45) is 5.92 Å². The first-order valence-corrected chi connectivity index (χ1v) is 10.6. The number of nitrogens with zero attached hydrogens (tertiary/aromatic N) is 2. The van der Waals surface area contributed by atoms with Crippen LogP contribution in [-0.2, 0) is 4.79 Å². The van der Waals surface area contributed by atoms with Gasteiger partial charge in [0.15, 0.2) is 0 Å². The number of likely N-dealkylation sites (tertiary alicyclic amines) is 1. The van der Waals surface area contributed by atoms with Crippen LogP contribution in [-0.4, -0.2) is 34.8 Å². The molecule has 5 rings (SSSR count). The molecule has 31 heavy (non-hydrogen) atoms. The van der Waals surface area contributed by atoms with Crippen molar-refractivity contribution >= 4 is 39.2 Å². The lowest BCUT2D eigenvalue weighted by atomic mass is 9.95. The van der Waals surface area contributed by atoms with Crippen molar-refractivity contribution in [1.82, 2.24) is 9.88 Å². The molecule has 0 saturated carbocycles. The van der Waals surface area contributed by atoms with E-state index in [4.69, 9.17) is 0 Å². The molecule has 154 valence electrons. The van der Waals surface area contributed by atoms with Gasteiger partial charge in [-0.2, -0.15) is 0 Å². The number of carbonyl (C=O) groups excluding carboxylic acids is 2. The van der Waals surface area contributed by atoms with Crippen molar-refractivity contribution in [2.75, 3.05) is 18.4 Å². The molecule has 2 heterocycles. The van der Waals surface area contributed by atoms with E-state index in [-0.39, 0.29) is 17.7 Å². The van der Waals surface area contributed by atoms with Crippen LogP contribution in [0.15, 0.2) is 79.0 Å². The number of piperidine rings is 1. The van der Waals surface area contributed by atoms with Gasteiger partial charge in [0.05, 0.1) is 17.0 Å². The second kappa shape index (κ2) is 8.19. The summed E-state index contributed by atoms with van der Waals surface area (Å²) in [6.45, 7) is 1.06. The van der Waals surface area contributed by atoms with E-state index < -0.39 is 0 Å². The standard InChI is InChI=1S/C26H23N3O2/c30-25(28-20-10-2-1-3-11-20)19-9-7-15-29(17-19)26(31)23-16-18-8-4-5-12-21(18)22-13-6-14-27-24(22)23/h1-6,8,10-14,16,19H,7,9,15,17H2,(H,28,30). The third-order valence-electron chi connectivity index (χ3n) is 5.96. The quantitative estimate of drug-likeness (QED) is 0.491. The zero-order chi connectivity index (χ0) is 21.2. The third kappa shape index (κ3) is 3.75. The zero-order valence-electron chi connectivity index (χ0n) is 17.1. The summed E-state index contributed by atoms with van der Waals surface area (Å²) >= 11 is 0. The summed E-state index contributed by atoms with van der Waals surface area (Å²) < 4.78 is 0. The molecule has 5 heteroatoms. The van der Waals surface area contributed by atoms with Gasteiger partial charge in [0, 0.05) is 30.4 Å². The molecule has 0 radical (unpaired) electrons. The minimum Gasteiger partial charge on any atom is -0.338 e. The number of anilines is 1. The van der Waals surface area contributed by atoms with Crippen LogP contribution in [0.4, 0.5) is 5.69 Å². The number of fused-ring (bicyclic) bond motifs is 3. The van der Waals surface area contributed by atoms with Crippen molar-refractivity contribution in [2.45, 2.75) is 12.8 Å². The molecule has 0 spiro atoms. The van der Waals surface area contributed by atoms with Crippen molar-refractivity contribution in [3.05, 3.63) is 84.6 Å². The van der Waals surface area contributed by atoms with Gasteiger partial charge >= 0.3 is 0 Å². The fourth-order valence-electron chi connectivity index (χ4n) is 4.40. The maximum absolute atomic E-state index is 13.5. The minimum absolute atomic E-state index is 0.0369. The van der Waals surface area contributed by atoms with Gasteiger partial charge in [0.25, 0.3) is 5.91 Å². The molecule has 0 aliphatic carbocycles. The highest BCUT2D eigenvalue weighted by molar-refractivity contribution is 6.15. The highest BCUT2D eigenvalue weighted by Gasteiger charge is 2.30. The molecule has 1 unspecified atom stereocenters. The fraction of sp³-hybridized carbons (Fsp3) is 0.192. The SMILES string of the molecule is O=C(Nc1ccccc1)C1CCCN(C(=O)c2cc3ccccc3c3cccnc23)C1. The topological polar surface area (TPSA) is 62.3 Å². The molecule has 0 bridgehead atoms. The van der Waals surface area contributed by atoms with Crippen LogP contribution in [0.3, 0.4) is 0 Å². The summed E-state index contributed by atoms with van der Waals surface area (Å²) in [6.07, 6.45) is 3.30. The number of nitrogens with one attached hydrogen (secondary N) is 1. The number of hydrogen-bond acceptors (Lipinski definition) is 3. The molecule has 5 nitrogen and oxygen atoms in total. The van der Waals surface area contributed by atoms with Gasteiger partial charge in [0.1, 0.15) is 0 Å². The zero-order valence-corrected chi connectivity index (χ0v) is 17.1. The number of hydrogen-bond donors (Lipinski definition) is 1. The predicted octanol–water partition coefficient (Wildman–Crippen LogP) is 4.88. The molecule has 1 aliphatic rings. The lowest BCUT2D eigenvalue weighted by Gasteiger charge is -2.32. The summed E-state index contributed by atoms with van der Waals surface area (Å²) in [7, 11) is 0. The van der Waals surface area contributed by atoms with Crippen LogP contribution < -0.4 is 5.32 Å². The first-order chi connectivity index (χ1) is 15.2. The van der Waals surface area contributed by atoms with E-state index in [0.29, 0.717) is 24.2 Å². The van der Waals surface area contributed by atoms with E-state index in [2.05, 4.69) is 16.4 Å². The second-order valence-corrected chi connectivity index (χ2v) is 7.99. The van der Waals surface area contributed by atoms with Crippen LogP contribution in [0.1, 0.15) is 23.2 Å². The smallest absolute Gasteiger partial charge is 0.256 e. The number of rotatable bonds is 3. The van der Waals surface area contributed by atoms with Gasteiger partial charge in [-0.15, -0.1) is 0 Å². The Morgan fingerprint density at radius 3 is 2.58 bits per heavy atom. The van der Waals surface area contributed by atoms with Gasteiger partial charge in [-0.05, 0) is 47.9 Å². The molecule has 1 aliphatic heterocycles. The Morgan fingerprint density at radius 1 is 0.935 bits per heavy atom. The van der Waals surface area contributed by atoms with Gasteiger partial charge < -0.3 is 10.2 Å². The Balaban J connectivity index is 1.43. The predicted molar refractivity (Wildman–Crippen MR) is 123 cm³/mol. The number of benzene rings is 3. The molecule has 3 aromatic carbocycles. The third-order valence-corrected chi connectivity index (χ3v) is 5.96. The van der Waals surface area contributed by atoms with E-state index in [9.17, 15) is 9.59 Å². The molecule has 1 saturated heterocycles. The Bertz CT molecular complexity index is 1270. The van der Waals surface area contributed by atoms with Gasteiger partial charge in [-0.1, -0.05) is 48.5 Å². The molecule has 1 N–H and O–H groups in total. The summed E-state index contributed by atoms with van der Waals surface area (Å²) in [6, 6.07) is 23.3. The van der Waals surface area contributed by atoms with E-state index in [1.165, 1.54) is 0 Å². The number of para-hydroxylation sites is 1. The number of pyridine rings is 1. The summed E-state index contributed by atoms with van der Waals surface area (Å²) in [4.78, 5) is 32.7. The van der Waals surface area contributed by atoms with Crippen molar-refractivity contribution in [3.63, 3.8) is 0 Å². The largest absolute Gasteiger partial charge is 0.338 e. The van der Waals surface area contributed by atoms with E-state index in [1.54, 1.807) is 11.1 Å². The van der Waals surface area contributed by atoms with Crippen molar-refractivity contribution in [1.29, 1.82) is 0 Å². The number of aromatic nitrogens is 1. The fourth-order valence-corrected chi connectivity index (χ4v) is 4.40. The molecule has 1 fully saturated rings. The van der Waals surface area contributed by atoms with Gasteiger partial charge in [-0.25, -0.2) is 0 Å². The summed E-state index contributed by atoms with van der Waals surface area (Å²) in [5.41, 5.74) is 2.08. The monoisotopic (exact) mass is 409 g/mol. The van der Waals surface area contributed by atoms with Gasteiger partial charge in [0.2, 0.25) is 5.91 Å². The minimum atomic E-state index is -0.224. The summed E-state index contributed by atoms with van der Waals surface area (Å²) in [5.74, 6) is -0.325. The Kier molecular flexibility index (Phi) is 5.08. The Labute approximate surface area is 180 Å². The number of amides is 2. The highest BCUT2D eigenvalue weighted by Crippen LogP contribution is 2.29. The van der Waals surface area contributed by atoms with Crippen LogP contribution in [0, 0.1) is 5.92 Å². The lowest BCUT2D eigenvalue weighted by Crippen LogP contribution is -2.43. The molecule has 1 atom stereocenters. The van der Waals surface area contributed by atoms with Crippen LogP contribution in [0.25, 0.3) is 21.7 Å². The molecular weight excluding hydrogens is 386 g/mol. The van der Waals surface area contributed by atoms with Gasteiger partial charge in [-0.3, -0.25) is 14.6 Å². The summed E-state index contributed by atoms with van der Waals surface area (Å²) in [5, 5.41) is 6.05. The average molecular weight is 409 g/mol. The molecular formula is C26H23N3O2. The molecule has 1 aromatic heterocycles. The van der Waals surface area contributed by atoms with Crippen LogP contribution in [0.5, 0.6) is 0 Å². The maximum atomic E-state index is 13.5. The Hall–Kier alpha value is -3.73. The second-order valence-electron chi connectivity index (χ2n) is 7.99. The van der Waals surface area contributed by atoms with E-state index in [0.717, 1.165) is 34.7 Å². The van der Waals surface area contributed by atoms with Crippen molar-refractivity contribution in [3.8, 4) is 0 Å². The first-order valence-electron chi connectivity index (χ1n) is 10.6. The van der Waals surface area contributed by atoms with Crippen molar-refractivity contribution < 1.29 is 9.59 Å². The Morgan fingerprint density at radius 2 is 1.71 bits per heavy atom. The highest BCUT2D eigenvalue weighted by atomic mass is 16.2.